The molecule has 0 bridgehead atoms. The fourth-order valence-electron chi connectivity index (χ4n) is 2.40. The average molecular weight is 339 g/mol. The highest BCUT2D eigenvalue weighted by Crippen LogP contribution is 2.29. The Balaban J connectivity index is 1.60. The van der Waals surface area contributed by atoms with Crippen LogP contribution < -0.4 is 0 Å². The van der Waals surface area contributed by atoms with E-state index in [-0.39, 0.29) is 5.78 Å². The number of carbonyl (C=O) groups excluding carboxylic acids is 1. The summed E-state index contributed by atoms with van der Waals surface area (Å²) in [5, 5.41) is 9.20. The number of fused-ring (bicyclic) bond motifs is 3. The smallest absolute Gasteiger partial charge is 0.217 e. The number of hydrogen-bond acceptors (Lipinski definition) is 5. The third-order valence-electron chi connectivity index (χ3n) is 3.62. The van der Waals surface area contributed by atoms with Crippen LogP contribution in [0.3, 0.4) is 0 Å². The number of rotatable bonds is 4. The van der Waals surface area contributed by atoms with Gasteiger partial charge in [0.05, 0.1) is 16.0 Å². The summed E-state index contributed by atoms with van der Waals surface area (Å²) in [6.07, 6.45) is 0. The van der Waals surface area contributed by atoms with Gasteiger partial charge in [0.1, 0.15) is 0 Å². The zero-order chi connectivity index (χ0) is 15.8. The molecule has 0 aliphatic heterocycles. The van der Waals surface area contributed by atoms with Gasteiger partial charge >= 0.3 is 0 Å². The van der Waals surface area contributed by atoms with E-state index in [9.17, 15) is 4.79 Å². The van der Waals surface area contributed by atoms with Crippen LogP contribution in [0.25, 0.3) is 15.2 Å². The van der Waals surface area contributed by atoms with E-state index in [2.05, 4.69) is 16.3 Å². The minimum atomic E-state index is 0.103. The minimum Gasteiger partial charge on any atom is -0.293 e. The van der Waals surface area contributed by atoms with E-state index in [4.69, 9.17) is 0 Å². The molecule has 0 N–H and O–H groups in total. The second kappa shape index (κ2) is 5.79. The maximum absolute atomic E-state index is 12.3. The molecule has 0 unspecified atom stereocenters. The molecule has 4 aromatic rings. The number of aryl methyl sites for hydroxylation is 1. The van der Waals surface area contributed by atoms with Gasteiger partial charge in [-0.2, -0.15) is 0 Å². The van der Waals surface area contributed by atoms with Gasteiger partial charge in [0, 0.05) is 5.56 Å². The Hall–Kier alpha value is -2.18. The lowest BCUT2D eigenvalue weighted by atomic mass is 10.1. The number of ketones is 1. The quantitative estimate of drug-likeness (QED) is 0.412. The monoisotopic (exact) mass is 339 g/mol. The van der Waals surface area contributed by atoms with Crippen molar-refractivity contribution in [2.45, 2.75) is 12.1 Å². The Morgan fingerprint density at radius 1 is 1.13 bits per heavy atom. The molecule has 0 amide bonds. The number of thioether (sulfide) groups is 1. The van der Waals surface area contributed by atoms with Crippen LogP contribution in [-0.4, -0.2) is 26.1 Å². The highest BCUT2D eigenvalue weighted by molar-refractivity contribution is 7.99. The molecule has 0 atom stereocenters. The van der Waals surface area contributed by atoms with Gasteiger partial charge < -0.3 is 0 Å². The summed E-state index contributed by atoms with van der Waals surface area (Å²) >= 11 is 3.04. The summed E-state index contributed by atoms with van der Waals surface area (Å²) in [5.41, 5.74) is 2.97. The molecule has 0 radical (unpaired) electrons. The second-order valence-corrected chi connectivity index (χ2v) is 7.20. The molecular formula is C17H13N3OS2. The molecule has 0 fully saturated rings. The molecule has 2 aromatic heterocycles. The number of para-hydroxylation sites is 1. The third-order valence-corrected chi connectivity index (χ3v) is 5.56. The summed E-state index contributed by atoms with van der Waals surface area (Å²) in [6.45, 7) is 2.01. The van der Waals surface area contributed by atoms with E-state index >= 15 is 0 Å². The molecule has 0 saturated carbocycles. The van der Waals surface area contributed by atoms with Gasteiger partial charge in [-0.15, -0.1) is 10.2 Å². The van der Waals surface area contributed by atoms with Crippen molar-refractivity contribution in [1.29, 1.82) is 0 Å². The topological polar surface area (TPSA) is 47.3 Å². The molecule has 2 heterocycles. The van der Waals surface area contributed by atoms with Crippen LogP contribution in [0.1, 0.15) is 15.9 Å². The highest BCUT2D eigenvalue weighted by Gasteiger charge is 2.14. The van der Waals surface area contributed by atoms with Gasteiger partial charge in [-0.05, 0) is 19.1 Å². The normalized spacial score (nSPS) is 11.3. The molecule has 0 saturated heterocycles. The van der Waals surface area contributed by atoms with Crippen molar-refractivity contribution in [2.24, 2.45) is 0 Å². The predicted octanol–water partition coefficient (Wildman–Crippen LogP) is 4.23. The summed E-state index contributed by atoms with van der Waals surface area (Å²) in [4.78, 5) is 13.2. The first-order valence-electron chi connectivity index (χ1n) is 7.18. The van der Waals surface area contributed by atoms with Crippen LogP contribution >= 0.6 is 23.1 Å². The number of carbonyl (C=O) groups is 1. The Kier molecular flexibility index (Phi) is 3.63. The van der Waals surface area contributed by atoms with E-state index in [1.165, 1.54) is 16.5 Å². The molecule has 114 valence electrons. The molecule has 4 rings (SSSR count). The van der Waals surface area contributed by atoms with Gasteiger partial charge in [0.25, 0.3) is 0 Å². The van der Waals surface area contributed by atoms with Crippen LogP contribution in [0, 0.1) is 6.92 Å². The number of hydrogen-bond donors (Lipinski definition) is 0. The standard InChI is InChI=1S/C17H13N3OS2/c1-11-6-8-12(9-7-11)14(21)10-22-16-18-19-17-20(16)13-4-2-3-5-15(13)23-17/h2-9H,10H2,1H3. The Morgan fingerprint density at radius 3 is 2.74 bits per heavy atom. The highest BCUT2D eigenvalue weighted by atomic mass is 32.2. The lowest BCUT2D eigenvalue weighted by Gasteiger charge is -2.01. The van der Waals surface area contributed by atoms with Crippen LogP contribution in [0.15, 0.2) is 53.7 Å². The number of benzene rings is 2. The van der Waals surface area contributed by atoms with Gasteiger partial charge in [0.2, 0.25) is 4.96 Å². The Labute approximate surface area is 141 Å². The predicted molar refractivity (Wildman–Crippen MR) is 94.6 cm³/mol. The SMILES string of the molecule is Cc1ccc(C(=O)CSc2nnc3sc4ccccc4n23)cc1. The van der Waals surface area contributed by atoms with Crippen molar-refractivity contribution >= 4 is 44.1 Å². The first-order chi connectivity index (χ1) is 11.2. The first kappa shape index (κ1) is 14.4. The number of nitrogens with zero attached hydrogens (tertiary/aromatic N) is 3. The van der Waals surface area contributed by atoms with Crippen molar-refractivity contribution in [2.75, 3.05) is 5.75 Å². The van der Waals surface area contributed by atoms with E-state index < -0.39 is 0 Å². The summed E-state index contributed by atoms with van der Waals surface area (Å²) in [6, 6.07) is 15.8. The number of aromatic nitrogens is 3. The minimum absolute atomic E-state index is 0.103. The van der Waals surface area contributed by atoms with Gasteiger partial charge in [-0.25, -0.2) is 0 Å². The van der Waals surface area contributed by atoms with Crippen molar-refractivity contribution in [3.05, 3.63) is 59.7 Å². The Morgan fingerprint density at radius 2 is 1.91 bits per heavy atom. The molecular weight excluding hydrogens is 326 g/mol. The van der Waals surface area contributed by atoms with E-state index in [0.717, 1.165) is 26.8 Å². The largest absolute Gasteiger partial charge is 0.293 e. The fraction of sp³-hybridized carbons (Fsp3) is 0.118. The zero-order valence-corrected chi connectivity index (χ0v) is 14.0. The van der Waals surface area contributed by atoms with Crippen molar-refractivity contribution in [3.63, 3.8) is 0 Å². The van der Waals surface area contributed by atoms with E-state index in [1.54, 1.807) is 11.3 Å². The molecule has 23 heavy (non-hydrogen) atoms. The van der Waals surface area contributed by atoms with Crippen molar-refractivity contribution < 1.29 is 4.79 Å². The summed E-state index contributed by atoms with van der Waals surface area (Å²) in [5.74, 6) is 0.458. The number of Topliss-reactive ketones (excluding diaryl/α,β-unsaturated/α-hetero) is 1. The molecule has 2 aromatic carbocycles. The van der Waals surface area contributed by atoms with E-state index in [1.807, 2.05) is 53.8 Å². The van der Waals surface area contributed by atoms with Gasteiger partial charge in [-0.3, -0.25) is 9.20 Å². The lowest BCUT2D eigenvalue weighted by molar-refractivity contribution is 0.102. The lowest BCUT2D eigenvalue weighted by Crippen LogP contribution is -2.03. The van der Waals surface area contributed by atoms with E-state index in [0.29, 0.717) is 5.75 Å². The third kappa shape index (κ3) is 2.64. The van der Waals surface area contributed by atoms with Crippen LogP contribution in [0.5, 0.6) is 0 Å². The molecule has 0 aliphatic rings. The van der Waals surface area contributed by atoms with Gasteiger partial charge in [0.15, 0.2) is 10.9 Å². The molecule has 0 aliphatic carbocycles. The fourth-order valence-corrected chi connectivity index (χ4v) is 4.26. The second-order valence-electron chi connectivity index (χ2n) is 5.25. The molecule has 4 nitrogen and oxygen atoms in total. The number of thiazole rings is 1. The summed E-state index contributed by atoms with van der Waals surface area (Å²) in [7, 11) is 0. The molecule has 6 heteroatoms. The van der Waals surface area contributed by atoms with Crippen LogP contribution in [0.4, 0.5) is 0 Å². The Bertz CT molecular complexity index is 1000. The maximum atomic E-state index is 12.3. The van der Waals surface area contributed by atoms with Crippen molar-refractivity contribution in [3.8, 4) is 0 Å². The van der Waals surface area contributed by atoms with Crippen LogP contribution in [0.2, 0.25) is 0 Å². The van der Waals surface area contributed by atoms with Gasteiger partial charge in [-0.1, -0.05) is 65.1 Å². The summed E-state index contributed by atoms with van der Waals surface area (Å²) < 4.78 is 3.19. The maximum Gasteiger partial charge on any atom is 0.217 e. The van der Waals surface area contributed by atoms with Crippen LogP contribution in [-0.2, 0) is 0 Å². The average Bonchev–Trinajstić information content (AvgIpc) is 3.12. The van der Waals surface area contributed by atoms with Crippen molar-refractivity contribution in [1.82, 2.24) is 14.6 Å². The first-order valence-corrected chi connectivity index (χ1v) is 8.98. The zero-order valence-electron chi connectivity index (χ0n) is 12.4. The molecule has 0 spiro atoms.